The Morgan fingerprint density at radius 1 is 1.04 bits per heavy atom. The molecule has 1 atom stereocenters. The van der Waals surface area contributed by atoms with Gasteiger partial charge in [0, 0.05) is 38.4 Å². The Balaban J connectivity index is 1.54. The summed E-state index contributed by atoms with van der Waals surface area (Å²) in [5.41, 5.74) is 0. The van der Waals surface area contributed by atoms with E-state index in [2.05, 4.69) is 22.5 Å². The molecule has 0 saturated carbocycles. The predicted molar refractivity (Wildman–Crippen MR) is 97.3 cm³/mol. The number of nitrogens with zero attached hydrogens (tertiary/aromatic N) is 2. The van der Waals surface area contributed by atoms with E-state index in [-0.39, 0.29) is 50.6 Å². The van der Waals surface area contributed by atoms with E-state index in [0.717, 1.165) is 25.8 Å². The molecule has 0 spiro atoms. The van der Waals surface area contributed by atoms with Gasteiger partial charge < -0.3 is 15.5 Å². The number of imide groups is 1. The second-order valence-electron chi connectivity index (χ2n) is 6.92. The number of carbonyl (C=O) groups excluding carboxylic acids is 5. The molecule has 1 unspecified atom stereocenters. The van der Waals surface area contributed by atoms with Crippen LogP contribution < -0.4 is 10.6 Å². The van der Waals surface area contributed by atoms with Gasteiger partial charge in [-0.3, -0.25) is 24.1 Å². The number of likely N-dealkylation sites (tertiary alicyclic amines) is 1. The second kappa shape index (κ2) is 10.7. The molecule has 0 radical (unpaired) electrons. The van der Waals surface area contributed by atoms with E-state index < -0.39 is 17.8 Å². The molecule has 2 heterocycles. The van der Waals surface area contributed by atoms with Crippen LogP contribution in [0.2, 0.25) is 0 Å². The van der Waals surface area contributed by atoms with Gasteiger partial charge in [0.15, 0.2) is 0 Å². The van der Waals surface area contributed by atoms with Crippen LogP contribution in [0.25, 0.3) is 0 Å². The summed E-state index contributed by atoms with van der Waals surface area (Å²) >= 11 is 0. The highest BCUT2D eigenvalue weighted by atomic mass is 16.8. The maximum absolute atomic E-state index is 12.0. The third-order valence-electron chi connectivity index (χ3n) is 4.84. The van der Waals surface area contributed by atoms with Crippen molar-refractivity contribution in [3.8, 4) is 0 Å². The molecule has 0 aromatic rings. The molecular weight excluding hydrogens is 375 g/mol. The Bertz CT molecular complexity index is 607. The van der Waals surface area contributed by atoms with Crippen LogP contribution in [0.1, 0.15) is 51.9 Å². The minimum absolute atomic E-state index is 0.0216. The molecular formula is C18H28N4O6. The van der Waals surface area contributed by atoms with Crippen LogP contribution in [-0.4, -0.2) is 71.8 Å². The van der Waals surface area contributed by atoms with Gasteiger partial charge in [0.2, 0.25) is 11.8 Å². The van der Waals surface area contributed by atoms with Crippen molar-refractivity contribution in [3.63, 3.8) is 0 Å². The largest absolute Gasteiger partial charge is 0.355 e. The molecule has 2 aliphatic rings. The highest BCUT2D eigenvalue weighted by Crippen LogP contribution is 2.18. The lowest BCUT2D eigenvalue weighted by Crippen LogP contribution is -2.40. The first-order valence-corrected chi connectivity index (χ1v) is 9.74. The van der Waals surface area contributed by atoms with Crippen LogP contribution in [0.15, 0.2) is 0 Å². The Hall–Kier alpha value is -2.49. The van der Waals surface area contributed by atoms with Crippen molar-refractivity contribution < 1.29 is 28.8 Å². The van der Waals surface area contributed by atoms with E-state index in [1.54, 1.807) is 0 Å². The molecule has 10 heteroatoms. The molecule has 0 aromatic heterocycles. The zero-order valence-corrected chi connectivity index (χ0v) is 16.2. The quantitative estimate of drug-likeness (QED) is 0.371. The van der Waals surface area contributed by atoms with Crippen molar-refractivity contribution in [1.29, 1.82) is 0 Å². The zero-order chi connectivity index (χ0) is 20.5. The lowest BCUT2D eigenvalue weighted by molar-refractivity contribution is -0.197. The minimum Gasteiger partial charge on any atom is -0.355 e. The second-order valence-corrected chi connectivity index (χ2v) is 6.92. The van der Waals surface area contributed by atoms with Gasteiger partial charge in [0.1, 0.15) is 0 Å². The molecule has 0 aromatic carbocycles. The normalized spacial score (nSPS) is 19.8. The van der Waals surface area contributed by atoms with Crippen LogP contribution in [0.5, 0.6) is 0 Å². The van der Waals surface area contributed by atoms with Crippen LogP contribution in [-0.2, 0) is 28.8 Å². The lowest BCUT2D eigenvalue weighted by Gasteiger charge is -2.22. The molecule has 0 aliphatic carbocycles. The van der Waals surface area contributed by atoms with Gasteiger partial charge in [-0.15, -0.1) is 5.06 Å². The van der Waals surface area contributed by atoms with E-state index in [1.807, 2.05) is 0 Å². The molecule has 10 nitrogen and oxygen atoms in total. The van der Waals surface area contributed by atoms with Crippen molar-refractivity contribution in [3.05, 3.63) is 0 Å². The molecule has 2 saturated heterocycles. The summed E-state index contributed by atoms with van der Waals surface area (Å²) in [6, 6.07) is 0.458. The van der Waals surface area contributed by atoms with E-state index >= 15 is 0 Å². The number of hydrogen-bond acceptors (Lipinski definition) is 7. The van der Waals surface area contributed by atoms with Crippen LogP contribution in [0, 0.1) is 0 Å². The summed E-state index contributed by atoms with van der Waals surface area (Å²) in [5, 5.41) is 5.74. The zero-order valence-electron chi connectivity index (χ0n) is 16.2. The Labute approximate surface area is 163 Å². The Morgan fingerprint density at radius 3 is 2.36 bits per heavy atom. The van der Waals surface area contributed by atoms with Gasteiger partial charge >= 0.3 is 5.97 Å². The number of amides is 4. The number of hydrogen-bond donors (Lipinski definition) is 2. The molecule has 2 aliphatic heterocycles. The fourth-order valence-corrected chi connectivity index (χ4v) is 3.32. The van der Waals surface area contributed by atoms with Gasteiger partial charge in [0.25, 0.3) is 11.8 Å². The maximum Gasteiger partial charge on any atom is 0.334 e. The Morgan fingerprint density at radius 2 is 1.68 bits per heavy atom. The summed E-state index contributed by atoms with van der Waals surface area (Å²) < 4.78 is 0. The first kappa shape index (κ1) is 21.8. The number of hydroxylamine groups is 2. The van der Waals surface area contributed by atoms with Crippen molar-refractivity contribution in [2.45, 2.75) is 57.9 Å². The van der Waals surface area contributed by atoms with E-state index in [4.69, 9.17) is 4.84 Å². The third kappa shape index (κ3) is 6.59. The monoisotopic (exact) mass is 403 g/mol. The SMILES string of the molecule is C[13CH2][13CH]1[13CH2][13CH2][13CH2]N1C[13C](=O)NCCC(=O)NCC[13C](=O)ON1C(=O)CCC1=O. The fourth-order valence-electron chi connectivity index (χ4n) is 3.32. The van der Waals surface area contributed by atoms with Gasteiger partial charge in [-0.05, 0) is 25.8 Å². The molecule has 28 heavy (non-hydrogen) atoms. The predicted octanol–water partition coefficient (Wildman–Crippen LogP) is -0.519. The molecule has 0 bridgehead atoms. The molecule has 2 N–H and O–H groups in total. The van der Waals surface area contributed by atoms with Crippen LogP contribution in [0.4, 0.5) is 0 Å². The smallest absolute Gasteiger partial charge is 0.334 e. The summed E-state index contributed by atoms with van der Waals surface area (Å²) in [7, 11) is 0. The van der Waals surface area contributed by atoms with Gasteiger partial charge in [-0.2, -0.15) is 0 Å². The third-order valence-corrected chi connectivity index (χ3v) is 4.84. The minimum atomic E-state index is -0.770. The van der Waals surface area contributed by atoms with Crippen molar-refractivity contribution in [2.75, 3.05) is 26.2 Å². The fraction of sp³-hybridized carbons (Fsp3) is 0.722. The number of rotatable bonds is 10. The Kier molecular flexibility index (Phi) is 8.37. The van der Waals surface area contributed by atoms with Crippen LogP contribution >= 0.6 is 0 Å². The van der Waals surface area contributed by atoms with Crippen LogP contribution in [0.3, 0.4) is 0 Å². The van der Waals surface area contributed by atoms with Gasteiger partial charge in [-0.1, -0.05) is 6.92 Å². The van der Waals surface area contributed by atoms with E-state index in [9.17, 15) is 24.0 Å². The highest BCUT2D eigenvalue weighted by Gasteiger charge is 2.32. The summed E-state index contributed by atoms with van der Waals surface area (Å²) in [6.07, 6.45) is 3.25. The van der Waals surface area contributed by atoms with Crippen molar-refractivity contribution in [1.82, 2.24) is 20.6 Å². The topological polar surface area (TPSA) is 125 Å². The van der Waals surface area contributed by atoms with Gasteiger partial charge in [0.05, 0.1) is 13.0 Å². The van der Waals surface area contributed by atoms with Crippen molar-refractivity contribution in [2.24, 2.45) is 0 Å². The molecule has 156 valence electrons. The first-order valence-electron chi connectivity index (χ1n) is 9.74. The van der Waals surface area contributed by atoms with E-state index in [1.165, 1.54) is 0 Å². The van der Waals surface area contributed by atoms with Crippen molar-refractivity contribution >= 4 is 29.6 Å². The number of nitrogens with one attached hydrogen (secondary N) is 2. The summed E-state index contributed by atoms with van der Waals surface area (Å²) in [6.45, 7) is 3.63. The maximum atomic E-state index is 12.0. The molecule has 2 fully saturated rings. The molecule has 2 rings (SSSR count). The van der Waals surface area contributed by atoms with E-state index in [0.29, 0.717) is 17.6 Å². The lowest BCUT2D eigenvalue weighted by atomic mass is 10.4. The number of carbonyl (C=O) groups is 5. The summed E-state index contributed by atoms with van der Waals surface area (Å²) in [4.78, 5) is 64.9. The average Bonchev–Trinajstić information content (AvgIpc) is 3.22. The first-order chi connectivity index (χ1) is 13.4. The summed E-state index contributed by atoms with van der Waals surface area (Å²) in [5.74, 6) is -2.27. The standard InChI is InChI=1S/C18H28N4O6/c1-2-13-4-3-11-21(13)12-15(24)20-9-7-14(23)19-10-8-18(27)28-22-16(25)5-6-17(22)26/h13H,2-12H2,1H3,(H,19,23)(H,20,24)/i2+1,3+1,4+1,11+1,13+1,15+1,18+1. The van der Waals surface area contributed by atoms with Gasteiger partial charge in [-0.25, -0.2) is 4.79 Å². The highest BCUT2D eigenvalue weighted by molar-refractivity contribution is 6.01. The molecule has 4 amide bonds. The average molecular weight is 403 g/mol.